The maximum Gasteiger partial charge on any atom is 0.254 e. The lowest BCUT2D eigenvalue weighted by Gasteiger charge is -2.25. The first-order chi connectivity index (χ1) is 12.6. The van der Waals surface area contributed by atoms with Gasteiger partial charge in [0, 0.05) is 13.1 Å². The van der Waals surface area contributed by atoms with Gasteiger partial charge in [-0.3, -0.25) is 9.69 Å². The lowest BCUT2D eigenvalue weighted by Crippen LogP contribution is -2.42. The van der Waals surface area contributed by atoms with E-state index in [1.165, 1.54) is 0 Å². The predicted molar refractivity (Wildman–Crippen MR) is 108 cm³/mol. The molecular formula is C18H22IN3O4. The van der Waals surface area contributed by atoms with Gasteiger partial charge < -0.3 is 14.2 Å². The summed E-state index contributed by atoms with van der Waals surface area (Å²) in [4.78, 5) is 14.0. The number of ether oxygens (including phenoxy) is 3. The summed E-state index contributed by atoms with van der Waals surface area (Å²) in [5.74, 6) is 3.49. The van der Waals surface area contributed by atoms with Crippen molar-refractivity contribution in [2.45, 2.75) is 6.92 Å². The van der Waals surface area contributed by atoms with Crippen molar-refractivity contribution in [3.63, 3.8) is 0 Å². The van der Waals surface area contributed by atoms with Crippen LogP contribution < -0.4 is 14.9 Å². The normalized spacial score (nSPS) is 14.8. The molecule has 0 bridgehead atoms. The zero-order chi connectivity index (χ0) is 18.8. The van der Waals surface area contributed by atoms with Crippen LogP contribution in [0.1, 0.15) is 12.5 Å². The Morgan fingerprint density at radius 3 is 2.92 bits per heavy atom. The summed E-state index contributed by atoms with van der Waals surface area (Å²) in [6.07, 6.45) is 6.83. The molecule has 0 spiro atoms. The molecule has 1 fully saturated rings. The van der Waals surface area contributed by atoms with E-state index in [0.29, 0.717) is 37.9 Å². The predicted octanol–water partition coefficient (Wildman–Crippen LogP) is 1.48. The van der Waals surface area contributed by atoms with Gasteiger partial charge in [0.2, 0.25) is 0 Å². The van der Waals surface area contributed by atoms with Crippen molar-refractivity contribution in [3.8, 4) is 23.8 Å². The summed E-state index contributed by atoms with van der Waals surface area (Å²) in [6, 6.07) is 3.68. The molecule has 1 aromatic carbocycles. The van der Waals surface area contributed by atoms with Gasteiger partial charge in [-0.1, -0.05) is 5.92 Å². The molecule has 0 radical (unpaired) electrons. The Morgan fingerprint density at radius 1 is 1.46 bits per heavy atom. The zero-order valence-corrected chi connectivity index (χ0v) is 16.8. The maximum absolute atomic E-state index is 11.9. The summed E-state index contributed by atoms with van der Waals surface area (Å²) in [7, 11) is 0. The Balaban J connectivity index is 1.97. The molecule has 0 atom stereocenters. The molecule has 0 aromatic heterocycles. The number of hydrazone groups is 1. The number of amides is 1. The van der Waals surface area contributed by atoms with Crippen molar-refractivity contribution >= 4 is 34.7 Å². The Kier molecular flexibility index (Phi) is 8.67. The van der Waals surface area contributed by atoms with Crippen LogP contribution in [0.5, 0.6) is 11.5 Å². The molecular weight excluding hydrogens is 449 g/mol. The number of rotatable bonds is 8. The molecule has 0 unspecified atom stereocenters. The van der Waals surface area contributed by atoms with Crippen LogP contribution >= 0.6 is 22.6 Å². The van der Waals surface area contributed by atoms with Gasteiger partial charge in [0.15, 0.2) is 11.5 Å². The maximum atomic E-state index is 11.9. The molecule has 1 saturated heterocycles. The second-order valence-electron chi connectivity index (χ2n) is 5.44. The van der Waals surface area contributed by atoms with Crippen molar-refractivity contribution in [2.24, 2.45) is 5.10 Å². The Morgan fingerprint density at radius 2 is 2.23 bits per heavy atom. The van der Waals surface area contributed by atoms with E-state index < -0.39 is 0 Å². The van der Waals surface area contributed by atoms with Crippen LogP contribution in [0.25, 0.3) is 0 Å². The number of carbonyl (C=O) groups is 1. The number of nitrogens with zero attached hydrogens (tertiary/aromatic N) is 2. The van der Waals surface area contributed by atoms with E-state index in [-0.39, 0.29) is 12.5 Å². The van der Waals surface area contributed by atoms with E-state index in [1.807, 2.05) is 17.9 Å². The van der Waals surface area contributed by atoms with E-state index in [2.05, 4.69) is 39.0 Å². The smallest absolute Gasteiger partial charge is 0.254 e. The molecule has 7 nitrogen and oxygen atoms in total. The number of halogens is 1. The minimum Gasteiger partial charge on any atom is -0.490 e. The van der Waals surface area contributed by atoms with Gasteiger partial charge in [0.25, 0.3) is 5.91 Å². The number of nitrogens with one attached hydrogen (secondary N) is 1. The largest absolute Gasteiger partial charge is 0.490 e. The average Bonchev–Trinajstić information content (AvgIpc) is 2.62. The van der Waals surface area contributed by atoms with Gasteiger partial charge in [0.05, 0.1) is 36.2 Å². The standard InChI is InChI=1S/C18H22IN3O4/c1-3-7-26-18-15(19)10-14(11-16(18)25-4-2)12-20-21-17(23)13-22-5-8-24-9-6-22/h1,10-12H,4-9,13H2,2H3,(H,21,23)/b20-12-. The third-order valence-corrected chi connectivity index (χ3v) is 4.31. The fraction of sp³-hybridized carbons (Fsp3) is 0.444. The summed E-state index contributed by atoms with van der Waals surface area (Å²) >= 11 is 2.15. The number of benzene rings is 1. The van der Waals surface area contributed by atoms with Crippen LogP contribution in [0.15, 0.2) is 17.2 Å². The molecule has 2 rings (SSSR count). The van der Waals surface area contributed by atoms with Gasteiger partial charge in [-0.25, -0.2) is 5.43 Å². The Labute approximate surface area is 167 Å². The molecule has 1 amide bonds. The topological polar surface area (TPSA) is 72.4 Å². The molecule has 1 heterocycles. The first-order valence-corrected chi connectivity index (χ1v) is 9.36. The molecule has 1 aromatic rings. The lowest BCUT2D eigenvalue weighted by molar-refractivity contribution is -0.123. The minimum atomic E-state index is -0.156. The SMILES string of the molecule is C#CCOc1c(I)cc(/C=N\NC(=O)CN2CCOCC2)cc1OCC. The number of terminal acetylenes is 1. The van der Waals surface area contributed by atoms with Crippen molar-refractivity contribution in [2.75, 3.05) is 46.1 Å². The highest BCUT2D eigenvalue weighted by atomic mass is 127. The number of carbonyl (C=O) groups excluding carboxylic acids is 1. The van der Waals surface area contributed by atoms with Crippen LogP contribution in [0, 0.1) is 15.9 Å². The third kappa shape index (κ3) is 6.48. The van der Waals surface area contributed by atoms with Gasteiger partial charge in [-0.15, -0.1) is 6.42 Å². The number of hydrogen-bond acceptors (Lipinski definition) is 6. The molecule has 0 saturated carbocycles. The molecule has 1 aliphatic rings. The second kappa shape index (κ2) is 11.0. The Hall–Kier alpha value is -1.83. The van der Waals surface area contributed by atoms with Crippen LogP contribution in [0.2, 0.25) is 0 Å². The fourth-order valence-electron chi connectivity index (χ4n) is 2.36. The van der Waals surface area contributed by atoms with E-state index >= 15 is 0 Å². The van der Waals surface area contributed by atoms with E-state index in [1.54, 1.807) is 12.3 Å². The molecule has 140 valence electrons. The van der Waals surface area contributed by atoms with E-state index in [4.69, 9.17) is 20.6 Å². The Bertz CT molecular complexity index is 682. The fourth-order valence-corrected chi connectivity index (χ4v) is 3.14. The van der Waals surface area contributed by atoms with Gasteiger partial charge in [-0.05, 0) is 47.2 Å². The summed E-state index contributed by atoms with van der Waals surface area (Å²) in [6.45, 7) is 5.69. The second-order valence-corrected chi connectivity index (χ2v) is 6.60. The minimum absolute atomic E-state index is 0.156. The van der Waals surface area contributed by atoms with Gasteiger partial charge in [0.1, 0.15) is 6.61 Å². The molecule has 26 heavy (non-hydrogen) atoms. The zero-order valence-electron chi connectivity index (χ0n) is 14.7. The van der Waals surface area contributed by atoms with E-state index in [0.717, 1.165) is 22.2 Å². The first-order valence-electron chi connectivity index (χ1n) is 8.28. The molecule has 0 aliphatic carbocycles. The van der Waals surface area contributed by atoms with Gasteiger partial charge in [-0.2, -0.15) is 5.10 Å². The van der Waals surface area contributed by atoms with E-state index in [9.17, 15) is 4.79 Å². The van der Waals surface area contributed by atoms with Crippen LogP contribution in [0.4, 0.5) is 0 Å². The summed E-state index contributed by atoms with van der Waals surface area (Å²) in [5.41, 5.74) is 3.33. The average molecular weight is 471 g/mol. The summed E-state index contributed by atoms with van der Waals surface area (Å²) in [5, 5.41) is 4.03. The molecule has 1 aliphatic heterocycles. The highest BCUT2D eigenvalue weighted by Gasteiger charge is 2.14. The van der Waals surface area contributed by atoms with Crippen LogP contribution in [0.3, 0.4) is 0 Å². The number of hydrogen-bond donors (Lipinski definition) is 1. The van der Waals surface area contributed by atoms with Crippen molar-refractivity contribution in [1.29, 1.82) is 0 Å². The monoisotopic (exact) mass is 471 g/mol. The number of morpholine rings is 1. The lowest BCUT2D eigenvalue weighted by atomic mass is 10.2. The third-order valence-electron chi connectivity index (χ3n) is 3.51. The van der Waals surface area contributed by atoms with Crippen LogP contribution in [-0.2, 0) is 9.53 Å². The highest BCUT2D eigenvalue weighted by Crippen LogP contribution is 2.33. The first kappa shape index (κ1) is 20.5. The molecule has 8 heteroatoms. The molecule has 1 N–H and O–H groups in total. The summed E-state index contributed by atoms with van der Waals surface area (Å²) < 4.78 is 17.3. The van der Waals surface area contributed by atoms with Crippen molar-refractivity contribution in [1.82, 2.24) is 10.3 Å². The van der Waals surface area contributed by atoms with Crippen LogP contribution in [-0.4, -0.2) is 63.1 Å². The highest BCUT2D eigenvalue weighted by molar-refractivity contribution is 14.1. The van der Waals surface area contributed by atoms with Crippen molar-refractivity contribution in [3.05, 3.63) is 21.3 Å². The van der Waals surface area contributed by atoms with Crippen molar-refractivity contribution < 1.29 is 19.0 Å². The quantitative estimate of drug-likeness (QED) is 0.269. The van der Waals surface area contributed by atoms with Gasteiger partial charge >= 0.3 is 0 Å².